The Kier molecular flexibility index (Phi) is 25.7. The molecule has 0 aliphatic rings. The zero-order chi connectivity index (χ0) is 12.0. The minimum atomic E-state index is 0.162. The van der Waals surface area contributed by atoms with Gasteiger partial charge in [0.15, 0.2) is 0 Å². The fourth-order valence-electron chi connectivity index (χ4n) is 0. The first-order chi connectivity index (χ1) is 6.45. The Balaban J connectivity index is -0.000000131. The molecule has 5 nitrogen and oxygen atoms in total. The highest BCUT2D eigenvalue weighted by molar-refractivity contribution is 4.51. The Bertz CT molecular complexity index is 65.6. The molecule has 0 aromatic heterocycles. The average Bonchev–Trinajstić information content (AvgIpc) is 2.19. The summed E-state index contributed by atoms with van der Waals surface area (Å²) < 4.78 is 0. The molecular formula is C9H28N5. The maximum Gasteiger partial charge on any atom is 0.0134 e. The fourth-order valence-corrected chi connectivity index (χ4v) is 0. The average molecular weight is 206 g/mol. The molecule has 0 fully saturated rings. The molecule has 0 saturated carbocycles. The van der Waals surface area contributed by atoms with E-state index >= 15 is 0 Å². The normalized spacial score (nSPS) is 12.9. The van der Waals surface area contributed by atoms with Crippen LogP contribution >= 0.6 is 0 Å². The van der Waals surface area contributed by atoms with E-state index in [1.54, 1.807) is 0 Å². The van der Waals surface area contributed by atoms with E-state index in [1.807, 2.05) is 27.2 Å². The van der Waals surface area contributed by atoms with Gasteiger partial charge in [0.25, 0.3) is 0 Å². The lowest BCUT2D eigenvalue weighted by molar-refractivity contribution is 0.752. The van der Waals surface area contributed by atoms with Crippen molar-refractivity contribution in [3.05, 3.63) is 6.42 Å². The van der Waals surface area contributed by atoms with Crippen molar-refractivity contribution >= 4 is 0 Å². The molecule has 89 valence electrons. The van der Waals surface area contributed by atoms with Gasteiger partial charge in [0.2, 0.25) is 0 Å². The molecule has 0 amide bonds. The zero-order valence-corrected chi connectivity index (χ0v) is 9.74. The van der Waals surface area contributed by atoms with Gasteiger partial charge in [-0.2, -0.15) is 0 Å². The van der Waals surface area contributed by atoms with E-state index in [4.69, 9.17) is 28.7 Å². The molecule has 2 unspecified atom stereocenters. The van der Waals surface area contributed by atoms with Crippen LogP contribution in [0.2, 0.25) is 0 Å². The lowest BCUT2D eigenvalue weighted by atomic mass is 10.4. The molecule has 0 saturated heterocycles. The molecule has 14 heavy (non-hydrogen) atoms. The molecular weight excluding hydrogens is 178 g/mol. The summed E-state index contributed by atoms with van der Waals surface area (Å²) in [6.45, 7) is 7.54. The van der Waals surface area contributed by atoms with Crippen LogP contribution in [-0.4, -0.2) is 31.7 Å². The van der Waals surface area contributed by atoms with Gasteiger partial charge in [-0.25, -0.2) is 0 Å². The lowest BCUT2D eigenvalue weighted by Gasteiger charge is -1.92. The van der Waals surface area contributed by atoms with Crippen LogP contribution in [0.15, 0.2) is 0 Å². The maximum absolute atomic E-state index is 5.17. The van der Waals surface area contributed by atoms with Crippen molar-refractivity contribution in [2.24, 2.45) is 28.7 Å². The second kappa shape index (κ2) is 18.6. The molecule has 0 aliphatic heterocycles. The van der Waals surface area contributed by atoms with E-state index in [0.29, 0.717) is 19.6 Å². The molecule has 0 rings (SSSR count). The fraction of sp³-hybridized carbons (Fsp3) is 0.889. The summed E-state index contributed by atoms with van der Waals surface area (Å²) in [4.78, 5) is 0. The zero-order valence-electron chi connectivity index (χ0n) is 9.74. The Hall–Kier alpha value is -0.200. The van der Waals surface area contributed by atoms with E-state index in [-0.39, 0.29) is 12.1 Å². The van der Waals surface area contributed by atoms with Gasteiger partial charge in [-0.3, -0.25) is 0 Å². The monoisotopic (exact) mass is 206 g/mol. The van der Waals surface area contributed by atoms with Crippen LogP contribution in [0.1, 0.15) is 20.8 Å². The largest absolute Gasteiger partial charge is 0.330 e. The third kappa shape index (κ3) is 59.7. The van der Waals surface area contributed by atoms with Gasteiger partial charge in [0.05, 0.1) is 0 Å². The molecule has 5 heteroatoms. The van der Waals surface area contributed by atoms with Crippen LogP contribution in [0.5, 0.6) is 0 Å². The second-order valence-corrected chi connectivity index (χ2v) is 3.07. The van der Waals surface area contributed by atoms with E-state index in [1.165, 1.54) is 0 Å². The highest BCUT2D eigenvalue weighted by Crippen LogP contribution is 1.59. The summed E-state index contributed by atoms with van der Waals surface area (Å²) in [5, 5.41) is 0. The molecule has 0 bridgehead atoms. The van der Waals surface area contributed by atoms with Crippen LogP contribution in [0.25, 0.3) is 0 Å². The smallest absolute Gasteiger partial charge is 0.0134 e. The molecule has 1 radical (unpaired) electrons. The van der Waals surface area contributed by atoms with Crippen molar-refractivity contribution in [1.29, 1.82) is 0 Å². The van der Waals surface area contributed by atoms with Gasteiger partial charge in [-0.15, -0.1) is 0 Å². The Labute approximate surface area is 88.4 Å². The molecule has 0 aromatic rings. The molecule has 10 N–H and O–H groups in total. The predicted octanol–water partition coefficient (Wildman–Crippen LogP) is -1.25. The van der Waals surface area contributed by atoms with E-state index in [2.05, 4.69) is 0 Å². The summed E-state index contributed by atoms with van der Waals surface area (Å²) in [6, 6.07) is 0.324. The maximum atomic E-state index is 5.17. The van der Waals surface area contributed by atoms with Gasteiger partial charge in [-0.1, -0.05) is 6.92 Å². The van der Waals surface area contributed by atoms with Crippen molar-refractivity contribution in [2.45, 2.75) is 32.9 Å². The highest BCUT2D eigenvalue weighted by atomic mass is 14.7. The van der Waals surface area contributed by atoms with E-state index in [0.717, 1.165) is 0 Å². The van der Waals surface area contributed by atoms with Crippen LogP contribution in [-0.2, 0) is 0 Å². The van der Waals surface area contributed by atoms with Crippen LogP contribution in [0.3, 0.4) is 0 Å². The number of hydrogen-bond donors (Lipinski definition) is 5. The van der Waals surface area contributed by atoms with Crippen molar-refractivity contribution in [2.75, 3.05) is 19.6 Å². The second-order valence-electron chi connectivity index (χ2n) is 3.07. The van der Waals surface area contributed by atoms with Gasteiger partial charge < -0.3 is 28.7 Å². The van der Waals surface area contributed by atoms with E-state index in [9.17, 15) is 0 Å². The summed E-state index contributed by atoms with van der Waals surface area (Å²) in [7, 11) is 0. The van der Waals surface area contributed by atoms with Gasteiger partial charge >= 0.3 is 0 Å². The van der Waals surface area contributed by atoms with Gasteiger partial charge in [0, 0.05) is 25.2 Å². The SMILES string of the molecule is CC(N)CN.CC(N)CN.C[CH]CN. The van der Waals surface area contributed by atoms with Crippen molar-refractivity contribution in [3.8, 4) is 0 Å². The number of hydrogen-bond acceptors (Lipinski definition) is 5. The van der Waals surface area contributed by atoms with Crippen molar-refractivity contribution < 1.29 is 0 Å². The minimum absolute atomic E-state index is 0.162. The van der Waals surface area contributed by atoms with Crippen molar-refractivity contribution in [1.82, 2.24) is 0 Å². The first-order valence-corrected chi connectivity index (χ1v) is 4.85. The van der Waals surface area contributed by atoms with Crippen LogP contribution in [0.4, 0.5) is 0 Å². The third-order valence-corrected chi connectivity index (χ3v) is 0.979. The Morgan fingerprint density at radius 2 is 1.07 bits per heavy atom. The topological polar surface area (TPSA) is 130 Å². The first kappa shape index (κ1) is 19.4. The minimum Gasteiger partial charge on any atom is -0.330 e. The first-order valence-electron chi connectivity index (χ1n) is 4.85. The summed E-state index contributed by atoms with van der Waals surface area (Å²) in [5.74, 6) is 0. The van der Waals surface area contributed by atoms with Crippen LogP contribution in [0, 0.1) is 6.42 Å². The molecule has 0 aliphatic carbocycles. The predicted molar refractivity (Wildman–Crippen MR) is 64.4 cm³/mol. The Morgan fingerprint density at radius 3 is 1.07 bits per heavy atom. The summed E-state index contributed by atoms with van der Waals surface area (Å²) >= 11 is 0. The standard InChI is InChI=1S/2C3H10N2.C3H8N/c2*1-3(5)2-4;1-2-3-4/h2*3H,2,4-5H2,1H3;2H,3-4H2,1H3. The third-order valence-electron chi connectivity index (χ3n) is 0.979. The van der Waals surface area contributed by atoms with Gasteiger partial charge in [-0.05, 0) is 26.8 Å². The summed E-state index contributed by atoms with van der Waals surface area (Å²) in [6.07, 6.45) is 1.90. The van der Waals surface area contributed by atoms with Crippen molar-refractivity contribution in [3.63, 3.8) is 0 Å². The number of nitrogens with two attached hydrogens (primary N) is 5. The molecule has 0 spiro atoms. The molecule has 0 aromatic carbocycles. The quantitative estimate of drug-likeness (QED) is 0.394. The summed E-state index contributed by atoms with van der Waals surface area (Å²) in [5.41, 5.74) is 25.4. The van der Waals surface area contributed by atoms with E-state index < -0.39 is 0 Å². The molecule has 0 heterocycles. The van der Waals surface area contributed by atoms with Crippen LogP contribution < -0.4 is 28.7 Å². The lowest BCUT2D eigenvalue weighted by Crippen LogP contribution is -2.25. The molecule has 2 atom stereocenters. The number of rotatable bonds is 3. The van der Waals surface area contributed by atoms with Gasteiger partial charge in [0.1, 0.15) is 0 Å². The highest BCUT2D eigenvalue weighted by Gasteiger charge is 1.80. The Morgan fingerprint density at radius 1 is 0.929 bits per heavy atom.